The SMILES string of the molecule is Cc1cccc(C)c1OCc1c(C(=O)NC2CCCCCC2)noc1C. The van der Waals surface area contributed by atoms with Crippen molar-refractivity contribution in [3.8, 4) is 5.75 Å². The first-order valence-corrected chi connectivity index (χ1v) is 9.51. The number of aromatic nitrogens is 1. The van der Waals surface area contributed by atoms with E-state index in [4.69, 9.17) is 9.26 Å². The van der Waals surface area contributed by atoms with E-state index >= 15 is 0 Å². The van der Waals surface area contributed by atoms with Gasteiger partial charge in [-0.25, -0.2) is 0 Å². The summed E-state index contributed by atoms with van der Waals surface area (Å²) < 4.78 is 11.3. The van der Waals surface area contributed by atoms with Gasteiger partial charge in [-0.3, -0.25) is 4.79 Å². The van der Waals surface area contributed by atoms with Crippen molar-refractivity contribution in [3.05, 3.63) is 46.3 Å². The molecule has 0 bridgehead atoms. The van der Waals surface area contributed by atoms with E-state index in [1.807, 2.05) is 39.0 Å². The number of aryl methyl sites for hydroxylation is 3. The zero-order chi connectivity index (χ0) is 18.5. The molecule has 1 N–H and O–H groups in total. The van der Waals surface area contributed by atoms with Gasteiger partial charge < -0.3 is 14.6 Å². The second-order valence-corrected chi connectivity index (χ2v) is 7.24. The maximum atomic E-state index is 12.7. The first-order valence-electron chi connectivity index (χ1n) is 9.51. The van der Waals surface area contributed by atoms with E-state index in [1.165, 1.54) is 25.7 Å². The highest BCUT2D eigenvalue weighted by atomic mass is 16.5. The minimum Gasteiger partial charge on any atom is -0.488 e. The van der Waals surface area contributed by atoms with Crippen LogP contribution in [0.15, 0.2) is 22.7 Å². The smallest absolute Gasteiger partial charge is 0.274 e. The Hall–Kier alpha value is -2.30. The summed E-state index contributed by atoms with van der Waals surface area (Å²) >= 11 is 0. The maximum absolute atomic E-state index is 12.7. The molecule has 1 aliphatic rings. The van der Waals surface area contributed by atoms with Gasteiger partial charge in [0, 0.05) is 6.04 Å². The summed E-state index contributed by atoms with van der Waals surface area (Å²) in [5.41, 5.74) is 3.21. The summed E-state index contributed by atoms with van der Waals surface area (Å²) in [6, 6.07) is 6.27. The van der Waals surface area contributed by atoms with Gasteiger partial charge in [-0.05, 0) is 44.7 Å². The number of rotatable bonds is 5. The quantitative estimate of drug-likeness (QED) is 0.793. The molecule has 0 atom stereocenters. The molecule has 0 spiro atoms. The molecule has 1 aliphatic carbocycles. The van der Waals surface area contributed by atoms with Gasteiger partial charge in [-0.15, -0.1) is 0 Å². The van der Waals surface area contributed by atoms with Crippen molar-refractivity contribution in [1.29, 1.82) is 0 Å². The van der Waals surface area contributed by atoms with Gasteiger partial charge in [0.2, 0.25) is 0 Å². The third-order valence-corrected chi connectivity index (χ3v) is 5.16. The minimum absolute atomic E-state index is 0.158. The van der Waals surface area contributed by atoms with E-state index in [1.54, 1.807) is 0 Å². The molecule has 1 amide bonds. The fourth-order valence-corrected chi connectivity index (χ4v) is 3.59. The fourth-order valence-electron chi connectivity index (χ4n) is 3.59. The highest BCUT2D eigenvalue weighted by Gasteiger charge is 2.23. The van der Waals surface area contributed by atoms with E-state index in [0.717, 1.165) is 35.3 Å². The molecule has 0 radical (unpaired) electrons. The van der Waals surface area contributed by atoms with Crippen LogP contribution in [0.1, 0.15) is 71.5 Å². The van der Waals surface area contributed by atoms with Crippen LogP contribution in [0.5, 0.6) is 5.75 Å². The van der Waals surface area contributed by atoms with Crippen LogP contribution in [-0.2, 0) is 6.61 Å². The lowest BCUT2D eigenvalue weighted by Crippen LogP contribution is -2.35. The number of hydrogen-bond acceptors (Lipinski definition) is 4. The lowest BCUT2D eigenvalue weighted by atomic mass is 10.1. The van der Waals surface area contributed by atoms with Crippen LogP contribution in [0, 0.1) is 20.8 Å². The normalized spacial score (nSPS) is 15.5. The Morgan fingerprint density at radius 3 is 2.46 bits per heavy atom. The number of nitrogens with zero attached hydrogens (tertiary/aromatic N) is 1. The van der Waals surface area contributed by atoms with Gasteiger partial charge in [-0.2, -0.15) is 0 Å². The van der Waals surface area contributed by atoms with Crippen LogP contribution in [0.25, 0.3) is 0 Å². The third kappa shape index (κ3) is 4.26. The van der Waals surface area contributed by atoms with Gasteiger partial charge in [0.15, 0.2) is 5.69 Å². The average molecular weight is 356 g/mol. The zero-order valence-electron chi connectivity index (χ0n) is 15.9. The number of ether oxygens (including phenoxy) is 1. The van der Waals surface area contributed by atoms with Crippen molar-refractivity contribution in [2.24, 2.45) is 0 Å². The van der Waals surface area contributed by atoms with Crippen molar-refractivity contribution < 1.29 is 14.1 Å². The van der Waals surface area contributed by atoms with Crippen molar-refractivity contribution >= 4 is 5.91 Å². The lowest BCUT2D eigenvalue weighted by molar-refractivity contribution is 0.0922. The van der Waals surface area contributed by atoms with Crippen LogP contribution >= 0.6 is 0 Å². The van der Waals surface area contributed by atoms with Crippen LogP contribution in [0.4, 0.5) is 0 Å². The predicted octanol–water partition coefficient (Wildman–Crippen LogP) is 4.63. The Morgan fingerprint density at radius 1 is 1.15 bits per heavy atom. The average Bonchev–Trinajstić information content (AvgIpc) is 2.81. The van der Waals surface area contributed by atoms with Crippen molar-refractivity contribution in [2.45, 2.75) is 71.9 Å². The molecule has 5 heteroatoms. The fraction of sp³-hybridized carbons (Fsp3) is 0.524. The molecule has 1 aromatic heterocycles. The van der Waals surface area contributed by atoms with Crippen molar-refractivity contribution in [2.75, 3.05) is 0 Å². The molecule has 0 aliphatic heterocycles. The minimum atomic E-state index is -0.158. The molecule has 3 rings (SSSR count). The molecule has 2 aromatic rings. The van der Waals surface area contributed by atoms with Crippen LogP contribution in [0.2, 0.25) is 0 Å². The molecule has 5 nitrogen and oxygen atoms in total. The second-order valence-electron chi connectivity index (χ2n) is 7.24. The van der Waals surface area contributed by atoms with E-state index in [-0.39, 0.29) is 18.6 Å². The second kappa shape index (κ2) is 8.39. The number of para-hydroxylation sites is 1. The number of hydrogen-bond donors (Lipinski definition) is 1. The Labute approximate surface area is 155 Å². The standard InChI is InChI=1S/C21H28N2O3/c1-14-9-8-10-15(2)20(14)25-13-18-16(3)26-23-19(18)21(24)22-17-11-6-4-5-7-12-17/h8-10,17H,4-7,11-13H2,1-3H3,(H,22,24). The van der Waals surface area contributed by atoms with Gasteiger partial charge in [0.1, 0.15) is 18.1 Å². The Bertz CT molecular complexity index is 738. The first kappa shape index (κ1) is 18.5. The molecule has 1 fully saturated rings. The molecule has 1 heterocycles. The number of benzene rings is 1. The topological polar surface area (TPSA) is 64.4 Å². The number of carbonyl (C=O) groups excluding carboxylic acids is 1. The highest BCUT2D eigenvalue weighted by Crippen LogP contribution is 2.25. The highest BCUT2D eigenvalue weighted by molar-refractivity contribution is 5.94. The number of amides is 1. The molecule has 26 heavy (non-hydrogen) atoms. The summed E-state index contributed by atoms with van der Waals surface area (Å²) in [5, 5.41) is 7.13. The Morgan fingerprint density at radius 2 is 1.81 bits per heavy atom. The first-order chi connectivity index (χ1) is 12.6. The molecular formula is C21H28N2O3. The number of nitrogens with one attached hydrogen (secondary N) is 1. The van der Waals surface area contributed by atoms with Crippen LogP contribution < -0.4 is 10.1 Å². The number of carbonyl (C=O) groups is 1. The zero-order valence-corrected chi connectivity index (χ0v) is 15.9. The predicted molar refractivity (Wildman–Crippen MR) is 100 cm³/mol. The summed E-state index contributed by atoms with van der Waals surface area (Å²) in [6.07, 6.45) is 6.93. The summed E-state index contributed by atoms with van der Waals surface area (Å²) in [7, 11) is 0. The van der Waals surface area contributed by atoms with E-state index < -0.39 is 0 Å². The molecule has 0 unspecified atom stereocenters. The molecular weight excluding hydrogens is 328 g/mol. The lowest BCUT2D eigenvalue weighted by Gasteiger charge is -2.16. The Balaban J connectivity index is 1.71. The van der Waals surface area contributed by atoms with Crippen LogP contribution in [-0.4, -0.2) is 17.1 Å². The van der Waals surface area contributed by atoms with Crippen molar-refractivity contribution in [1.82, 2.24) is 10.5 Å². The molecule has 1 saturated carbocycles. The van der Waals surface area contributed by atoms with Gasteiger partial charge in [0.05, 0.1) is 5.56 Å². The van der Waals surface area contributed by atoms with Gasteiger partial charge >= 0.3 is 0 Å². The molecule has 0 saturated heterocycles. The van der Waals surface area contributed by atoms with Gasteiger partial charge in [-0.1, -0.05) is 49.0 Å². The molecule has 140 valence electrons. The van der Waals surface area contributed by atoms with E-state index in [9.17, 15) is 4.79 Å². The largest absolute Gasteiger partial charge is 0.488 e. The summed E-state index contributed by atoms with van der Waals surface area (Å²) in [6.45, 7) is 6.12. The maximum Gasteiger partial charge on any atom is 0.274 e. The molecule has 1 aromatic carbocycles. The summed E-state index contributed by atoms with van der Waals surface area (Å²) in [4.78, 5) is 12.7. The van der Waals surface area contributed by atoms with Crippen molar-refractivity contribution in [3.63, 3.8) is 0 Å². The van der Waals surface area contributed by atoms with E-state index in [0.29, 0.717) is 11.5 Å². The van der Waals surface area contributed by atoms with Gasteiger partial charge in [0.25, 0.3) is 5.91 Å². The third-order valence-electron chi connectivity index (χ3n) is 5.16. The van der Waals surface area contributed by atoms with Crippen LogP contribution in [0.3, 0.4) is 0 Å². The monoisotopic (exact) mass is 356 g/mol. The Kier molecular flexibility index (Phi) is 5.96. The van der Waals surface area contributed by atoms with E-state index in [2.05, 4.69) is 10.5 Å². The summed E-state index contributed by atoms with van der Waals surface area (Å²) in [5.74, 6) is 1.32.